The first-order valence-corrected chi connectivity index (χ1v) is 14.0. The zero-order chi connectivity index (χ0) is 24.0. The molecule has 0 bridgehead atoms. The Morgan fingerprint density at radius 2 is 1.58 bits per heavy atom. The zero-order valence-corrected chi connectivity index (χ0v) is 19.9. The maximum Gasteiger partial charge on any atom is 0.340 e. The Labute approximate surface area is 192 Å². The molecular formula is C25H30F6OSi. The summed E-state index contributed by atoms with van der Waals surface area (Å²) in [6, 6.07) is 13.6. The minimum Gasteiger partial charge on any atom is -0.481 e. The fourth-order valence-electron chi connectivity index (χ4n) is 4.51. The molecule has 0 N–H and O–H groups in total. The lowest BCUT2D eigenvalue weighted by Crippen LogP contribution is -2.34. The van der Waals surface area contributed by atoms with Gasteiger partial charge in [0.05, 0.1) is 0 Å². The lowest BCUT2D eigenvalue weighted by molar-refractivity contribution is -0.148. The number of benzene rings is 2. The van der Waals surface area contributed by atoms with E-state index in [1.165, 1.54) is 55.8 Å². The van der Waals surface area contributed by atoms with Crippen LogP contribution in [0.4, 0.5) is 26.3 Å². The number of rotatable bonds is 10. The van der Waals surface area contributed by atoms with Crippen LogP contribution in [0.15, 0.2) is 36.4 Å². The van der Waals surface area contributed by atoms with E-state index in [0.29, 0.717) is 11.5 Å². The fourth-order valence-corrected chi connectivity index (χ4v) is 7.99. The van der Waals surface area contributed by atoms with Gasteiger partial charge < -0.3 is 4.74 Å². The van der Waals surface area contributed by atoms with E-state index in [1.54, 1.807) is 12.1 Å². The molecule has 3 rings (SSSR count). The predicted molar refractivity (Wildman–Crippen MR) is 121 cm³/mol. The van der Waals surface area contributed by atoms with Crippen molar-refractivity contribution in [3.05, 3.63) is 53.6 Å². The first kappa shape index (κ1) is 25.7. The highest BCUT2D eigenvalue weighted by Crippen LogP contribution is 2.37. The van der Waals surface area contributed by atoms with Crippen molar-refractivity contribution in [1.29, 1.82) is 0 Å². The van der Waals surface area contributed by atoms with E-state index in [2.05, 4.69) is 11.7 Å². The van der Waals surface area contributed by atoms with Crippen LogP contribution in [0.3, 0.4) is 0 Å². The first-order valence-electron chi connectivity index (χ1n) is 11.6. The van der Waals surface area contributed by atoms with Gasteiger partial charge in [0, 0.05) is 8.80 Å². The van der Waals surface area contributed by atoms with Crippen LogP contribution in [-0.2, 0) is 0 Å². The van der Waals surface area contributed by atoms with Crippen molar-refractivity contribution >= 4 is 8.80 Å². The molecule has 0 amide bonds. The summed E-state index contributed by atoms with van der Waals surface area (Å²) in [7, 11) is -0.602. The van der Waals surface area contributed by atoms with Gasteiger partial charge in [0.25, 0.3) is 0 Å². The second-order valence-corrected chi connectivity index (χ2v) is 12.4. The van der Waals surface area contributed by atoms with Gasteiger partial charge in [-0.1, -0.05) is 68.6 Å². The Hall–Kier alpha value is -1.96. The summed E-state index contributed by atoms with van der Waals surface area (Å²) < 4.78 is 83.4. The van der Waals surface area contributed by atoms with Gasteiger partial charge in [-0.2, -0.15) is 8.78 Å². The molecule has 2 aromatic carbocycles. The highest BCUT2D eigenvalue weighted by Gasteiger charge is 2.42. The number of halogens is 6. The Kier molecular flexibility index (Phi) is 8.90. The first-order chi connectivity index (χ1) is 15.7. The fraction of sp³-hybridized carbons (Fsp3) is 0.520. The number of hydrogen-bond donors (Lipinski definition) is 0. The van der Waals surface area contributed by atoms with Gasteiger partial charge >= 0.3 is 12.3 Å². The van der Waals surface area contributed by atoms with E-state index in [4.69, 9.17) is 0 Å². The molecule has 0 saturated carbocycles. The lowest BCUT2D eigenvalue weighted by atomic mass is 9.92. The van der Waals surface area contributed by atoms with Crippen molar-refractivity contribution in [2.24, 2.45) is 0 Å². The van der Waals surface area contributed by atoms with E-state index in [0.717, 1.165) is 12.1 Å². The lowest BCUT2D eigenvalue weighted by Gasteiger charge is -2.28. The maximum atomic E-state index is 14.3. The third kappa shape index (κ3) is 6.77. The monoisotopic (exact) mass is 488 g/mol. The molecule has 0 aliphatic carbocycles. The van der Waals surface area contributed by atoms with Gasteiger partial charge in [0.15, 0.2) is 24.0 Å². The molecule has 33 heavy (non-hydrogen) atoms. The summed E-state index contributed by atoms with van der Waals surface area (Å²) >= 11 is 0. The molecule has 1 saturated heterocycles. The van der Waals surface area contributed by atoms with Crippen molar-refractivity contribution in [2.45, 2.75) is 75.4 Å². The Morgan fingerprint density at radius 3 is 2.12 bits per heavy atom. The van der Waals surface area contributed by atoms with Crippen LogP contribution < -0.4 is 4.74 Å². The molecule has 1 aliphatic heterocycles. The highest BCUT2D eigenvalue weighted by molar-refractivity contribution is 6.59. The third-order valence-electron chi connectivity index (χ3n) is 6.50. The standard InChI is InChI=1S/C25H30F6OSi/c1-2-3-4-11-33-12-9-19(10-13-33)17-5-7-18(8-6-17)20-14-21(26)23(22(27)15-20)32-16-25(30,31)24(28)29/h5-8,14-15,19,24,33H,2-4,9-13,16H2,1H3/t19-,33-. The van der Waals surface area contributed by atoms with Gasteiger partial charge in [0.1, 0.15) is 0 Å². The largest absolute Gasteiger partial charge is 0.481 e. The quantitative estimate of drug-likeness (QED) is 0.186. The summed E-state index contributed by atoms with van der Waals surface area (Å²) in [6.07, 6.45) is 2.35. The van der Waals surface area contributed by atoms with Crippen molar-refractivity contribution in [3.63, 3.8) is 0 Å². The second-order valence-electron chi connectivity index (χ2n) is 8.95. The Bertz CT molecular complexity index is 871. The van der Waals surface area contributed by atoms with Crippen molar-refractivity contribution in [1.82, 2.24) is 0 Å². The molecule has 1 aliphatic rings. The smallest absolute Gasteiger partial charge is 0.340 e. The minimum absolute atomic E-state index is 0.219. The normalized spacial score (nSPS) is 19.2. The van der Waals surface area contributed by atoms with E-state index >= 15 is 0 Å². The topological polar surface area (TPSA) is 9.23 Å². The van der Waals surface area contributed by atoms with Crippen LogP contribution in [0.1, 0.15) is 50.5 Å². The van der Waals surface area contributed by atoms with Crippen molar-refractivity contribution in [3.8, 4) is 16.9 Å². The van der Waals surface area contributed by atoms with Gasteiger partial charge in [0.2, 0.25) is 0 Å². The van der Waals surface area contributed by atoms with Crippen LogP contribution in [0.2, 0.25) is 18.1 Å². The summed E-state index contributed by atoms with van der Waals surface area (Å²) in [5.74, 6) is -7.51. The molecule has 0 aromatic heterocycles. The van der Waals surface area contributed by atoms with Gasteiger partial charge in [-0.05, 0) is 47.6 Å². The van der Waals surface area contributed by atoms with Gasteiger partial charge in [-0.3, -0.25) is 0 Å². The van der Waals surface area contributed by atoms with E-state index < -0.39 is 45.1 Å². The minimum atomic E-state index is -4.50. The van der Waals surface area contributed by atoms with E-state index in [9.17, 15) is 26.3 Å². The van der Waals surface area contributed by atoms with Gasteiger partial charge in [-0.15, -0.1) is 0 Å². The zero-order valence-electron chi connectivity index (χ0n) is 18.7. The molecule has 1 fully saturated rings. The van der Waals surface area contributed by atoms with Crippen LogP contribution in [0, 0.1) is 11.6 Å². The van der Waals surface area contributed by atoms with Crippen molar-refractivity contribution in [2.75, 3.05) is 6.61 Å². The SMILES string of the molecule is CCCCC[Si@H]1CC[C@H](c2ccc(-c3cc(F)c(OCC(F)(F)C(F)F)c(F)c3)cc2)CC1. The van der Waals surface area contributed by atoms with Crippen LogP contribution >= 0.6 is 0 Å². The van der Waals surface area contributed by atoms with Crippen LogP contribution in [0.5, 0.6) is 5.75 Å². The molecule has 0 atom stereocenters. The second kappa shape index (κ2) is 11.4. The third-order valence-corrected chi connectivity index (χ3v) is 10.0. The summed E-state index contributed by atoms with van der Waals surface area (Å²) in [5.41, 5.74) is 2.01. The average molecular weight is 489 g/mol. The molecule has 0 unspecified atom stereocenters. The molecule has 0 spiro atoms. The molecule has 2 aromatic rings. The van der Waals surface area contributed by atoms with Crippen LogP contribution in [0.25, 0.3) is 11.1 Å². The number of hydrogen-bond acceptors (Lipinski definition) is 1. The number of ether oxygens (including phenoxy) is 1. The Balaban J connectivity index is 1.63. The molecule has 1 nitrogen and oxygen atoms in total. The average Bonchev–Trinajstić information content (AvgIpc) is 2.79. The molecule has 0 radical (unpaired) electrons. The molecular weight excluding hydrogens is 458 g/mol. The Morgan fingerprint density at radius 1 is 0.970 bits per heavy atom. The predicted octanol–water partition coefficient (Wildman–Crippen LogP) is 8.21. The van der Waals surface area contributed by atoms with Crippen LogP contribution in [-0.4, -0.2) is 27.8 Å². The molecule has 182 valence electrons. The van der Waals surface area contributed by atoms with Crippen molar-refractivity contribution < 1.29 is 31.1 Å². The maximum absolute atomic E-state index is 14.3. The van der Waals surface area contributed by atoms with E-state index in [1.807, 2.05) is 12.1 Å². The highest BCUT2D eigenvalue weighted by atomic mass is 28.3. The molecule has 1 heterocycles. The summed E-state index contributed by atoms with van der Waals surface area (Å²) in [4.78, 5) is 0. The van der Waals surface area contributed by atoms with E-state index in [-0.39, 0.29) is 5.56 Å². The summed E-state index contributed by atoms with van der Waals surface area (Å²) in [6.45, 7) is 0.418. The number of unbranched alkanes of at least 4 members (excludes halogenated alkanes) is 2. The number of alkyl halides is 4. The summed E-state index contributed by atoms with van der Waals surface area (Å²) in [5, 5.41) is 0. The van der Waals surface area contributed by atoms with Gasteiger partial charge in [-0.25, -0.2) is 17.6 Å². The molecule has 8 heteroatoms.